The molecule has 0 saturated heterocycles. The summed E-state index contributed by atoms with van der Waals surface area (Å²) in [5.74, 6) is 1.90. The Kier molecular flexibility index (Phi) is 4.52. The van der Waals surface area contributed by atoms with Crippen LogP contribution < -0.4 is 4.74 Å². The van der Waals surface area contributed by atoms with E-state index in [1.54, 1.807) is 12.1 Å². The maximum Gasteiger partial charge on any atom is 0.309 e. The van der Waals surface area contributed by atoms with Crippen molar-refractivity contribution in [3.8, 4) is 5.75 Å². The minimum atomic E-state index is -0.260. The number of hydrogen-bond acceptors (Lipinski definition) is 5. The number of rotatable bonds is 4. The molecule has 2 heterocycles. The van der Waals surface area contributed by atoms with Crippen molar-refractivity contribution in [2.45, 2.75) is 32.4 Å². The molecule has 0 saturated carbocycles. The fraction of sp³-hybridized carbons (Fsp3) is 0.438. The lowest BCUT2D eigenvalue weighted by Gasteiger charge is -2.23. The van der Waals surface area contributed by atoms with Gasteiger partial charge in [0.25, 0.3) is 0 Å². The molecule has 1 aromatic carbocycles. The summed E-state index contributed by atoms with van der Waals surface area (Å²) in [6, 6.07) is 7.25. The predicted octanol–water partition coefficient (Wildman–Crippen LogP) is 2.81. The summed E-state index contributed by atoms with van der Waals surface area (Å²) in [4.78, 5) is 11.7. The summed E-state index contributed by atoms with van der Waals surface area (Å²) >= 11 is 5.97. The first-order valence-corrected chi connectivity index (χ1v) is 7.88. The van der Waals surface area contributed by atoms with Gasteiger partial charge in [-0.3, -0.25) is 4.79 Å². The van der Waals surface area contributed by atoms with Gasteiger partial charge in [0.2, 0.25) is 0 Å². The highest BCUT2D eigenvalue weighted by Crippen LogP contribution is 2.27. The number of esters is 1. The second-order valence-corrected chi connectivity index (χ2v) is 5.99. The summed E-state index contributed by atoms with van der Waals surface area (Å²) in [5, 5.41) is 9.07. The third kappa shape index (κ3) is 3.32. The second kappa shape index (κ2) is 6.58. The van der Waals surface area contributed by atoms with Crippen molar-refractivity contribution >= 4 is 17.6 Å². The quantitative estimate of drug-likeness (QED) is 0.804. The number of halogens is 1. The molecule has 0 aliphatic carbocycles. The Morgan fingerprint density at radius 1 is 1.43 bits per heavy atom. The van der Waals surface area contributed by atoms with Crippen LogP contribution >= 0.6 is 11.6 Å². The molecule has 2 unspecified atom stereocenters. The first-order valence-electron chi connectivity index (χ1n) is 7.50. The molecule has 0 amide bonds. The van der Waals surface area contributed by atoms with Crippen molar-refractivity contribution in [3.63, 3.8) is 0 Å². The van der Waals surface area contributed by atoms with Crippen molar-refractivity contribution in [3.05, 3.63) is 40.9 Å². The lowest BCUT2D eigenvalue weighted by Crippen LogP contribution is -2.28. The largest absolute Gasteiger partial charge is 0.483 e. The number of hydrogen-bond donors (Lipinski definition) is 0. The van der Waals surface area contributed by atoms with Gasteiger partial charge in [0.1, 0.15) is 11.6 Å². The number of carbonyl (C=O) groups is 1. The maximum atomic E-state index is 11.7. The van der Waals surface area contributed by atoms with Crippen LogP contribution in [0.3, 0.4) is 0 Å². The molecule has 2 aromatic rings. The van der Waals surface area contributed by atoms with E-state index in [-0.39, 0.29) is 18.0 Å². The van der Waals surface area contributed by atoms with E-state index in [1.807, 2.05) is 23.6 Å². The molecule has 0 radical (unpaired) electrons. The average Bonchev–Trinajstić information content (AvgIpc) is 2.97. The molecule has 0 bridgehead atoms. The topological polar surface area (TPSA) is 66.2 Å². The summed E-state index contributed by atoms with van der Waals surface area (Å²) in [6.45, 7) is 2.60. The highest BCUT2D eigenvalue weighted by molar-refractivity contribution is 6.30. The van der Waals surface area contributed by atoms with E-state index in [0.717, 1.165) is 11.6 Å². The number of nitrogens with zero attached hydrogens (tertiary/aromatic N) is 3. The lowest BCUT2D eigenvalue weighted by atomic mass is 9.98. The van der Waals surface area contributed by atoms with Gasteiger partial charge in [0.05, 0.1) is 13.0 Å². The molecule has 7 heteroatoms. The molecule has 3 rings (SSSR count). The molecule has 0 fully saturated rings. The van der Waals surface area contributed by atoms with E-state index < -0.39 is 0 Å². The lowest BCUT2D eigenvalue weighted by molar-refractivity contribution is -0.146. The van der Waals surface area contributed by atoms with Crippen LogP contribution in [0, 0.1) is 5.92 Å². The zero-order valence-electron chi connectivity index (χ0n) is 13.0. The fourth-order valence-electron chi connectivity index (χ4n) is 2.82. The average molecular weight is 336 g/mol. The van der Waals surface area contributed by atoms with E-state index in [4.69, 9.17) is 21.1 Å². The Morgan fingerprint density at radius 3 is 3.00 bits per heavy atom. The SMILES string of the molecule is COC(=O)C1CCn2c(nnc2C(C)Oc2cccc(Cl)c2)C1. The number of fused-ring (bicyclic) bond motifs is 1. The smallest absolute Gasteiger partial charge is 0.309 e. The molecule has 6 nitrogen and oxygen atoms in total. The van der Waals surface area contributed by atoms with Gasteiger partial charge in [0.15, 0.2) is 11.9 Å². The zero-order chi connectivity index (χ0) is 16.4. The van der Waals surface area contributed by atoms with Crippen molar-refractivity contribution in [2.24, 2.45) is 5.92 Å². The molecular weight excluding hydrogens is 318 g/mol. The molecule has 0 spiro atoms. The number of benzene rings is 1. The van der Waals surface area contributed by atoms with E-state index >= 15 is 0 Å². The van der Waals surface area contributed by atoms with Gasteiger partial charge in [-0.2, -0.15) is 0 Å². The molecule has 1 aliphatic heterocycles. The highest BCUT2D eigenvalue weighted by atomic mass is 35.5. The molecule has 1 aromatic heterocycles. The maximum absolute atomic E-state index is 11.7. The third-order valence-corrected chi connectivity index (χ3v) is 4.23. The summed E-state index contributed by atoms with van der Waals surface area (Å²) in [6.07, 6.45) is 1.00. The Balaban J connectivity index is 1.75. The molecule has 2 atom stereocenters. The number of ether oxygens (including phenoxy) is 2. The standard InChI is InChI=1S/C16H18ClN3O3/c1-10(23-13-5-3-4-12(17)9-13)15-19-18-14-8-11(16(21)22-2)6-7-20(14)15/h3-5,9-11H,6-8H2,1-2H3. The van der Waals surface area contributed by atoms with Gasteiger partial charge in [-0.15, -0.1) is 10.2 Å². The van der Waals surface area contributed by atoms with Crippen LogP contribution in [-0.4, -0.2) is 27.8 Å². The van der Waals surface area contributed by atoms with Crippen molar-refractivity contribution in [1.29, 1.82) is 0 Å². The van der Waals surface area contributed by atoms with Gasteiger partial charge in [-0.05, 0) is 31.5 Å². The van der Waals surface area contributed by atoms with Crippen LogP contribution in [0.5, 0.6) is 5.75 Å². The Labute approximate surface area is 139 Å². The zero-order valence-corrected chi connectivity index (χ0v) is 13.8. The molecule has 122 valence electrons. The van der Waals surface area contributed by atoms with Crippen LogP contribution in [0.1, 0.15) is 31.1 Å². The highest BCUT2D eigenvalue weighted by Gasteiger charge is 2.30. The van der Waals surface area contributed by atoms with E-state index in [9.17, 15) is 4.79 Å². The van der Waals surface area contributed by atoms with Crippen LogP contribution in [0.15, 0.2) is 24.3 Å². The number of aromatic nitrogens is 3. The van der Waals surface area contributed by atoms with Crippen molar-refractivity contribution in [1.82, 2.24) is 14.8 Å². The van der Waals surface area contributed by atoms with Gasteiger partial charge < -0.3 is 14.0 Å². The van der Waals surface area contributed by atoms with E-state index in [0.29, 0.717) is 30.2 Å². The van der Waals surface area contributed by atoms with Gasteiger partial charge in [-0.25, -0.2) is 0 Å². The van der Waals surface area contributed by atoms with Crippen LogP contribution in [0.25, 0.3) is 0 Å². The minimum Gasteiger partial charge on any atom is -0.483 e. The van der Waals surface area contributed by atoms with Gasteiger partial charge >= 0.3 is 5.97 Å². The number of carbonyl (C=O) groups excluding carboxylic acids is 1. The molecule has 1 aliphatic rings. The van der Waals surface area contributed by atoms with E-state index in [2.05, 4.69) is 10.2 Å². The van der Waals surface area contributed by atoms with Gasteiger partial charge in [0, 0.05) is 18.0 Å². The first kappa shape index (κ1) is 15.8. The summed E-state index contributed by atoms with van der Waals surface area (Å²) < 4.78 is 12.7. The van der Waals surface area contributed by atoms with Crippen LogP contribution in [0.2, 0.25) is 5.02 Å². The Hall–Kier alpha value is -2.08. The van der Waals surface area contributed by atoms with Crippen molar-refractivity contribution < 1.29 is 14.3 Å². The Bertz CT molecular complexity index is 716. The molecular formula is C16H18ClN3O3. The molecule has 0 N–H and O–H groups in total. The Morgan fingerprint density at radius 2 is 2.26 bits per heavy atom. The predicted molar refractivity (Wildman–Crippen MR) is 84.3 cm³/mol. The summed E-state index contributed by atoms with van der Waals surface area (Å²) in [5.41, 5.74) is 0. The van der Waals surface area contributed by atoms with E-state index in [1.165, 1.54) is 7.11 Å². The van der Waals surface area contributed by atoms with Gasteiger partial charge in [-0.1, -0.05) is 17.7 Å². The third-order valence-electron chi connectivity index (χ3n) is 3.99. The molecule has 23 heavy (non-hydrogen) atoms. The van der Waals surface area contributed by atoms with Crippen LogP contribution in [-0.2, 0) is 22.5 Å². The minimum absolute atomic E-state index is 0.145. The van der Waals surface area contributed by atoms with Crippen molar-refractivity contribution in [2.75, 3.05) is 7.11 Å². The second-order valence-electron chi connectivity index (χ2n) is 5.56. The monoisotopic (exact) mass is 335 g/mol. The first-order chi connectivity index (χ1) is 11.1. The fourth-order valence-corrected chi connectivity index (χ4v) is 3.00. The normalized spacial score (nSPS) is 18.1. The van der Waals surface area contributed by atoms with Crippen LogP contribution in [0.4, 0.5) is 0 Å². The number of methoxy groups -OCH3 is 1. The summed E-state index contributed by atoms with van der Waals surface area (Å²) in [7, 11) is 1.41.